The molecule has 0 unspecified atom stereocenters. The number of hydrogen-bond acceptors (Lipinski definition) is 4. The second kappa shape index (κ2) is 7.01. The van der Waals surface area contributed by atoms with E-state index in [1.165, 1.54) is 11.8 Å². The fraction of sp³-hybridized carbons (Fsp3) is 0.364. The van der Waals surface area contributed by atoms with Crippen LogP contribution in [0.4, 0.5) is 0 Å². The lowest BCUT2D eigenvalue weighted by Gasteiger charge is -2.03. The SMILES string of the molecule is NC(=O)CCS(=O)(=O)CCSc1ccc(Cl)cc1. The number of nitrogens with two attached hydrogens (primary N) is 1. The van der Waals surface area contributed by atoms with Crippen molar-refractivity contribution in [2.24, 2.45) is 5.73 Å². The highest BCUT2D eigenvalue weighted by atomic mass is 35.5. The number of benzene rings is 1. The van der Waals surface area contributed by atoms with E-state index in [-0.39, 0.29) is 17.9 Å². The minimum atomic E-state index is -3.20. The first-order chi connectivity index (χ1) is 8.39. The maximum Gasteiger partial charge on any atom is 0.218 e. The third-order valence-corrected chi connectivity index (χ3v) is 5.31. The van der Waals surface area contributed by atoms with Crippen molar-refractivity contribution in [3.05, 3.63) is 29.3 Å². The zero-order valence-corrected chi connectivity index (χ0v) is 12.0. The van der Waals surface area contributed by atoms with Crippen molar-refractivity contribution in [1.29, 1.82) is 0 Å². The molecule has 0 saturated heterocycles. The van der Waals surface area contributed by atoms with Crippen molar-refractivity contribution in [2.75, 3.05) is 17.3 Å². The van der Waals surface area contributed by atoms with E-state index in [1.54, 1.807) is 12.1 Å². The van der Waals surface area contributed by atoms with Crippen molar-refractivity contribution < 1.29 is 13.2 Å². The molecule has 0 heterocycles. The third-order valence-electron chi connectivity index (χ3n) is 2.14. The number of rotatable bonds is 7. The highest BCUT2D eigenvalue weighted by Gasteiger charge is 2.12. The Balaban J connectivity index is 2.37. The molecule has 1 aromatic carbocycles. The first kappa shape index (κ1) is 15.3. The summed E-state index contributed by atoms with van der Waals surface area (Å²) in [5.41, 5.74) is 4.91. The predicted octanol–water partition coefficient (Wildman–Crippen LogP) is 1.72. The Morgan fingerprint density at radius 1 is 1.22 bits per heavy atom. The minimum Gasteiger partial charge on any atom is -0.370 e. The normalized spacial score (nSPS) is 11.4. The van der Waals surface area contributed by atoms with Crippen LogP contribution in [-0.4, -0.2) is 31.6 Å². The van der Waals surface area contributed by atoms with Gasteiger partial charge in [-0.3, -0.25) is 4.79 Å². The van der Waals surface area contributed by atoms with E-state index in [9.17, 15) is 13.2 Å². The van der Waals surface area contributed by atoms with E-state index >= 15 is 0 Å². The van der Waals surface area contributed by atoms with Gasteiger partial charge >= 0.3 is 0 Å². The molecule has 1 amide bonds. The van der Waals surface area contributed by atoms with Gasteiger partial charge in [0.25, 0.3) is 0 Å². The number of sulfone groups is 1. The summed E-state index contributed by atoms with van der Waals surface area (Å²) in [5.74, 6) is -0.288. The number of thioether (sulfide) groups is 1. The number of primary amides is 1. The van der Waals surface area contributed by atoms with Crippen molar-refractivity contribution in [2.45, 2.75) is 11.3 Å². The van der Waals surface area contributed by atoms with Crippen LogP contribution in [-0.2, 0) is 14.6 Å². The summed E-state index contributed by atoms with van der Waals surface area (Å²) >= 11 is 7.18. The molecule has 18 heavy (non-hydrogen) atoms. The standard InChI is InChI=1S/C11H14ClNO3S2/c12-9-1-3-10(4-2-9)17-6-8-18(15,16)7-5-11(13)14/h1-4H,5-8H2,(H2,13,14). The van der Waals surface area contributed by atoms with Crippen molar-refractivity contribution in [1.82, 2.24) is 0 Å². The summed E-state index contributed by atoms with van der Waals surface area (Å²) in [6.45, 7) is 0. The molecule has 0 bridgehead atoms. The number of hydrogen-bond donors (Lipinski definition) is 1. The van der Waals surface area contributed by atoms with Crippen LogP contribution >= 0.6 is 23.4 Å². The van der Waals surface area contributed by atoms with Crippen LogP contribution < -0.4 is 5.73 Å². The van der Waals surface area contributed by atoms with Crippen LogP contribution in [0.15, 0.2) is 29.2 Å². The molecule has 0 spiro atoms. The summed E-state index contributed by atoms with van der Waals surface area (Å²) in [5, 5.41) is 0.647. The Kier molecular flexibility index (Phi) is 5.98. The van der Waals surface area contributed by atoms with Crippen LogP contribution in [0, 0.1) is 0 Å². The zero-order valence-electron chi connectivity index (χ0n) is 9.63. The van der Waals surface area contributed by atoms with Gasteiger partial charge in [0.2, 0.25) is 5.91 Å². The number of halogens is 1. The first-order valence-corrected chi connectivity index (χ1v) is 8.45. The smallest absolute Gasteiger partial charge is 0.218 e. The molecule has 0 aliphatic rings. The van der Waals surface area contributed by atoms with Crippen LogP contribution in [0.3, 0.4) is 0 Å². The van der Waals surface area contributed by atoms with Gasteiger partial charge in [-0.2, -0.15) is 0 Å². The maximum atomic E-state index is 11.5. The van der Waals surface area contributed by atoms with E-state index in [0.717, 1.165) is 4.90 Å². The molecule has 0 aromatic heterocycles. The molecule has 0 fully saturated rings. The molecule has 100 valence electrons. The van der Waals surface area contributed by atoms with Crippen molar-refractivity contribution in [3.63, 3.8) is 0 Å². The maximum absolute atomic E-state index is 11.5. The van der Waals surface area contributed by atoms with Gasteiger partial charge in [-0.1, -0.05) is 11.6 Å². The van der Waals surface area contributed by atoms with Crippen LogP contribution in [0.2, 0.25) is 5.02 Å². The number of carbonyl (C=O) groups excluding carboxylic acids is 1. The Labute approximate surface area is 116 Å². The van der Waals surface area contributed by atoms with Gasteiger partial charge in [0, 0.05) is 22.1 Å². The molecule has 2 N–H and O–H groups in total. The lowest BCUT2D eigenvalue weighted by Crippen LogP contribution is -2.19. The van der Waals surface area contributed by atoms with E-state index in [0.29, 0.717) is 10.8 Å². The average molecular weight is 308 g/mol. The largest absolute Gasteiger partial charge is 0.370 e. The lowest BCUT2D eigenvalue weighted by atomic mass is 10.4. The summed E-state index contributed by atoms with van der Waals surface area (Å²) in [6, 6.07) is 7.18. The highest BCUT2D eigenvalue weighted by molar-refractivity contribution is 8.00. The van der Waals surface area contributed by atoms with E-state index in [4.69, 9.17) is 17.3 Å². The average Bonchev–Trinajstić information content (AvgIpc) is 2.29. The number of carbonyl (C=O) groups is 1. The van der Waals surface area contributed by atoms with Gasteiger partial charge in [0.15, 0.2) is 9.84 Å². The van der Waals surface area contributed by atoms with Gasteiger partial charge in [-0.15, -0.1) is 11.8 Å². The van der Waals surface area contributed by atoms with Gasteiger partial charge < -0.3 is 5.73 Å². The molecular weight excluding hydrogens is 294 g/mol. The Hall–Kier alpha value is -0.720. The molecule has 0 radical (unpaired) electrons. The lowest BCUT2D eigenvalue weighted by molar-refractivity contribution is -0.117. The summed E-state index contributed by atoms with van der Waals surface area (Å²) in [4.78, 5) is 11.5. The van der Waals surface area contributed by atoms with Gasteiger partial charge in [0.1, 0.15) is 0 Å². The Morgan fingerprint density at radius 3 is 2.39 bits per heavy atom. The summed E-state index contributed by atoms with van der Waals surface area (Å²) in [6.07, 6.45) is -0.117. The molecule has 4 nitrogen and oxygen atoms in total. The van der Waals surface area contributed by atoms with Gasteiger partial charge in [-0.25, -0.2) is 8.42 Å². The van der Waals surface area contributed by atoms with Crippen molar-refractivity contribution >= 4 is 39.1 Å². The molecule has 1 aromatic rings. The molecule has 7 heteroatoms. The van der Waals surface area contributed by atoms with E-state index in [1.807, 2.05) is 12.1 Å². The van der Waals surface area contributed by atoms with Crippen LogP contribution in [0.5, 0.6) is 0 Å². The third kappa shape index (κ3) is 6.28. The van der Waals surface area contributed by atoms with Crippen molar-refractivity contribution in [3.8, 4) is 0 Å². The summed E-state index contributed by atoms with van der Waals surface area (Å²) < 4.78 is 23.1. The molecule has 0 aliphatic heterocycles. The topological polar surface area (TPSA) is 77.2 Å². The van der Waals surface area contributed by atoms with E-state index in [2.05, 4.69) is 0 Å². The quantitative estimate of drug-likeness (QED) is 0.778. The fourth-order valence-corrected chi connectivity index (χ4v) is 3.93. The molecule has 1 rings (SSSR count). The Morgan fingerprint density at radius 2 is 1.83 bits per heavy atom. The van der Waals surface area contributed by atoms with Gasteiger partial charge in [-0.05, 0) is 24.3 Å². The monoisotopic (exact) mass is 307 g/mol. The zero-order chi connectivity index (χ0) is 13.6. The molecule has 0 saturated carbocycles. The molecule has 0 atom stereocenters. The highest BCUT2D eigenvalue weighted by Crippen LogP contribution is 2.20. The van der Waals surface area contributed by atoms with Crippen LogP contribution in [0.1, 0.15) is 6.42 Å². The fourth-order valence-electron chi connectivity index (χ4n) is 1.18. The Bertz CT molecular complexity index is 500. The predicted molar refractivity (Wildman–Crippen MR) is 74.6 cm³/mol. The summed E-state index contributed by atoms with van der Waals surface area (Å²) in [7, 11) is -3.20. The minimum absolute atomic E-state index is 0.0353. The molecule has 0 aliphatic carbocycles. The number of amides is 1. The van der Waals surface area contributed by atoms with Crippen LogP contribution in [0.25, 0.3) is 0 Å². The second-order valence-corrected chi connectivity index (χ2v) is 7.58. The second-order valence-electron chi connectivity index (χ2n) is 3.67. The first-order valence-electron chi connectivity index (χ1n) is 5.26. The molecular formula is C11H14ClNO3S2. The van der Waals surface area contributed by atoms with E-state index < -0.39 is 15.7 Å². The van der Waals surface area contributed by atoms with Gasteiger partial charge in [0.05, 0.1) is 11.5 Å².